The Balaban J connectivity index is 1.18. The lowest BCUT2D eigenvalue weighted by atomic mass is 9.79. The van der Waals surface area contributed by atoms with Crippen molar-refractivity contribution in [2.75, 3.05) is 45.2 Å². The molecule has 2 fully saturated rings. The van der Waals surface area contributed by atoms with Crippen molar-refractivity contribution in [3.8, 4) is 28.7 Å². The van der Waals surface area contributed by atoms with Crippen molar-refractivity contribution in [3.05, 3.63) is 95.7 Å². The maximum absolute atomic E-state index is 15.3. The number of ether oxygens (including phenoxy) is 5. The first-order valence-corrected chi connectivity index (χ1v) is 21.3. The molecule has 2 aliphatic rings. The molecule has 1 saturated heterocycles. The number of sulfonamides is 1. The molecule has 15 nitrogen and oxygen atoms in total. The van der Waals surface area contributed by atoms with E-state index in [1.165, 1.54) is 18.5 Å². The molecule has 0 radical (unpaired) electrons. The van der Waals surface area contributed by atoms with Crippen LogP contribution in [0.5, 0.6) is 28.7 Å². The summed E-state index contributed by atoms with van der Waals surface area (Å²) in [5.74, 6) is 2.95. The minimum Gasteiger partial charge on any atom is -0.497 e. The Morgan fingerprint density at radius 3 is 1.89 bits per heavy atom. The van der Waals surface area contributed by atoms with Gasteiger partial charge in [-0.05, 0) is 99.6 Å². The Morgan fingerprint density at radius 2 is 1.34 bits per heavy atom. The molecule has 1 saturated carbocycles. The first kappa shape index (κ1) is 41.8. The van der Waals surface area contributed by atoms with E-state index in [4.69, 9.17) is 42.6 Å². The smallest absolute Gasteiger partial charge is 0.495 e. The minimum atomic E-state index is -4.54. The highest BCUT2D eigenvalue weighted by molar-refractivity contribution is 7.93. The van der Waals surface area contributed by atoms with Crippen LogP contribution in [0.15, 0.2) is 88.3 Å². The van der Waals surface area contributed by atoms with Gasteiger partial charge in [0.15, 0.2) is 22.1 Å². The number of anilines is 3. The second-order valence-electron chi connectivity index (χ2n) is 16.1. The molecule has 1 N–H and O–H groups in total. The first-order valence-electron chi connectivity index (χ1n) is 19.9. The van der Waals surface area contributed by atoms with Gasteiger partial charge >= 0.3 is 7.12 Å². The van der Waals surface area contributed by atoms with Crippen molar-refractivity contribution in [1.82, 2.24) is 14.9 Å². The van der Waals surface area contributed by atoms with Gasteiger partial charge in [0, 0.05) is 23.7 Å². The van der Waals surface area contributed by atoms with Crippen molar-refractivity contribution in [1.29, 1.82) is 0 Å². The lowest BCUT2D eigenvalue weighted by Crippen LogP contribution is -2.41. The van der Waals surface area contributed by atoms with Gasteiger partial charge in [0.25, 0.3) is 10.0 Å². The lowest BCUT2D eigenvalue weighted by molar-refractivity contribution is 0.00578. The largest absolute Gasteiger partial charge is 0.497 e. The van der Waals surface area contributed by atoms with E-state index in [-0.39, 0.29) is 28.8 Å². The fourth-order valence-corrected chi connectivity index (χ4v) is 9.01. The second kappa shape index (κ2) is 16.2. The first-order chi connectivity index (χ1) is 29.2. The predicted octanol–water partition coefficient (Wildman–Crippen LogP) is 7.43. The minimum absolute atomic E-state index is 0.0228. The fraction of sp³-hybridized carbons (Fsp3) is 0.364. The van der Waals surface area contributed by atoms with Gasteiger partial charge < -0.3 is 42.8 Å². The maximum Gasteiger partial charge on any atom is 0.495 e. The number of hydrogen-bond acceptors (Lipinski definition) is 13. The zero-order valence-corrected chi connectivity index (χ0v) is 36.6. The van der Waals surface area contributed by atoms with Gasteiger partial charge in [-0.1, -0.05) is 29.4 Å². The average molecular weight is 852 g/mol. The van der Waals surface area contributed by atoms with E-state index in [9.17, 15) is 0 Å². The number of aromatic nitrogens is 3. The standard InChI is InChI=1S/C44H50BN5O10S/c1-43(2)44(3,4)60-45(59-43)30-20-38(56-8)41(39(21-30)57-9)61(51,52)50(26-28-12-18-32(54-6)19-13-28)42-33-22-37(55-7)34(23-36(33)58-48-42)46-40-24-35(29-14-15-29)49(47-40)25-27-10-16-31(53-5)17-11-27/h10-13,16-24,29H,14-15,25-26H2,1-9H3,(H,46,47). The Hall–Kier alpha value is -5.91. The Kier molecular flexibility index (Phi) is 11.1. The molecule has 3 heterocycles. The van der Waals surface area contributed by atoms with E-state index in [1.807, 2.05) is 56.6 Å². The van der Waals surface area contributed by atoms with Crippen LogP contribution in [0.3, 0.4) is 0 Å². The third-order valence-corrected chi connectivity index (χ3v) is 13.4. The van der Waals surface area contributed by atoms with Gasteiger partial charge in [0.1, 0.15) is 28.7 Å². The summed E-state index contributed by atoms with van der Waals surface area (Å²) in [4.78, 5) is -0.218. The van der Waals surface area contributed by atoms with Crippen LogP contribution in [0.1, 0.15) is 63.3 Å². The third-order valence-electron chi connectivity index (χ3n) is 11.6. The number of hydrogen-bond donors (Lipinski definition) is 1. The molecule has 0 bridgehead atoms. The Morgan fingerprint density at radius 1 is 0.770 bits per heavy atom. The van der Waals surface area contributed by atoms with Crippen LogP contribution in [-0.2, 0) is 32.4 Å². The molecule has 6 aromatic rings. The number of rotatable bonds is 16. The molecule has 61 heavy (non-hydrogen) atoms. The van der Waals surface area contributed by atoms with E-state index in [0.29, 0.717) is 57.5 Å². The van der Waals surface area contributed by atoms with Crippen LogP contribution < -0.4 is 38.8 Å². The summed E-state index contributed by atoms with van der Waals surface area (Å²) in [6.07, 6.45) is 2.20. The van der Waals surface area contributed by atoms with E-state index in [1.54, 1.807) is 69.9 Å². The van der Waals surface area contributed by atoms with Crippen molar-refractivity contribution in [2.24, 2.45) is 0 Å². The normalized spacial score (nSPS) is 15.8. The quantitative estimate of drug-likeness (QED) is 0.0960. The third kappa shape index (κ3) is 8.04. The van der Waals surface area contributed by atoms with Gasteiger partial charge in [-0.3, -0.25) is 4.68 Å². The Labute approximate surface area is 355 Å². The molecule has 0 atom stereocenters. The second-order valence-corrected chi connectivity index (χ2v) is 17.9. The molecular formula is C44H50BN5O10S. The van der Waals surface area contributed by atoms with Crippen LogP contribution in [0.4, 0.5) is 17.3 Å². The van der Waals surface area contributed by atoms with Gasteiger partial charge in [0.2, 0.25) is 0 Å². The predicted molar refractivity (Wildman–Crippen MR) is 232 cm³/mol. The number of fused-ring (bicyclic) bond motifs is 1. The van der Waals surface area contributed by atoms with Crippen molar-refractivity contribution in [3.63, 3.8) is 0 Å². The molecule has 17 heteroatoms. The summed E-state index contributed by atoms with van der Waals surface area (Å²) in [6, 6.07) is 23.7. The maximum atomic E-state index is 15.3. The Bertz CT molecular complexity index is 2620. The molecule has 4 aromatic carbocycles. The SMILES string of the molecule is COc1ccc(CN(c2noc3cc(Nc4cc(C5CC5)n(Cc5ccc(OC)cc5)n4)c(OC)cc23)S(=O)(=O)c2c(OC)cc(B3OC(C)(C)C(C)(C)O3)cc2OC)cc1. The summed E-state index contributed by atoms with van der Waals surface area (Å²) in [5.41, 5.74) is 2.99. The van der Waals surface area contributed by atoms with E-state index < -0.39 is 28.3 Å². The highest BCUT2D eigenvalue weighted by atomic mass is 32.2. The van der Waals surface area contributed by atoms with Crippen molar-refractivity contribution >= 4 is 50.9 Å². The summed E-state index contributed by atoms with van der Waals surface area (Å²) in [6.45, 7) is 8.22. The highest BCUT2D eigenvalue weighted by Crippen LogP contribution is 2.45. The number of benzene rings is 4. The fourth-order valence-electron chi connectivity index (χ4n) is 7.32. The molecular weight excluding hydrogens is 801 g/mol. The van der Waals surface area contributed by atoms with E-state index in [2.05, 4.69) is 16.5 Å². The lowest BCUT2D eigenvalue weighted by Gasteiger charge is -2.32. The molecule has 320 valence electrons. The van der Waals surface area contributed by atoms with Crippen molar-refractivity contribution in [2.45, 2.75) is 75.6 Å². The van der Waals surface area contributed by atoms with Crippen LogP contribution in [0.2, 0.25) is 0 Å². The highest BCUT2D eigenvalue weighted by Gasteiger charge is 2.52. The van der Waals surface area contributed by atoms with Crippen LogP contribution in [0.25, 0.3) is 11.0 Å². The molecule has 2 aromatic heterocycles. The van der Waals surface area contributed by atoms with Crippen LogP contribution >= 0.6 is 0 Å². The number of nitrogens with zero attached hydrogens (tertiary/aromatic N) is 4. The number of nitrogens with one attached hydrogen (secondary N) is 1. The molecule has 0 unspecified atom stereocenters. The molecule has 8 rings (SSSR count). The summed E-state index contributed by atoms with van der Waals surface area (Å²) < 4.78 is 80.4. The molecule has 0 amide bonds. The average Bonchev–Trinajstić information content (AvgIpc) is 3.84. The monoisotopic (exact) mass is 851 g/mol. The van der Waals surface area contributed by atoms with Crippen LogP contribution in [0, 0.1) is 0 Å². The van der Waals surface area contributed by atoms with Gasteiger partial charge in [-0.15, -0.1) is 0 Å². The molecule has 1 aliphatic carbocycles. The summed E-state index contributed by atoms with van der Waals surface area (Å²) in [5, 5.41) is 13.1. The summed E-state index contributed by atoms with van der Waals surface area (Å²) in [7, 11) is 2.20. The van der Waals surface area contributed by atoms with Crippen molar-refractivity contribution < 1.29 is 45.9 Å². The summed E-state index contributed by atoms with van der Waals surface area (Å²) >= 11 is 0. The number of methoxy groups -OCH3 is 5. The zero-order valence-electron chi connectivity index (χ0n) is 35.8. The van der Waals surface area contributed by atoms with Gasteiger partial charge in [-0.2, -0.15) is 5.10 Å². The van der Waals surface area contributed by atoms with Gasteiger partial charge in [0.05, 0.1) is 70.9 Å². The topological polar surface area (TPSA) is 158 Å². The molecule has 1 aliphatic heterocycles. The van der Waals surface area contributed by atoms with E-state index in [0.717, 1.165) is 29.8 Å². The zero-order chi connectivity index (χ0) is 43.3. The van der Waals surface area contributed by atoms with Crippen LogP contribution in [-0.4, -0.2) is 77.2 Å². The van der Waals surface area contributed by atoms with Gasteiger partial charge in [-0.25, -0.2) is 12.7 Å². The van der Waals surface area contributed by atoms with E-state index >= 15 is 8.42 Å². The molecule has 0 spiro atoms.